The molecule has 1 aromatic heterocycles. The standard InChI is InChI=1S/C25H28N4O2/c1-3-27-25(30)28-18-11-9-17(10-12-18)24-22(16-26)21-14-13-20(31-4-2)15-23(21)29(24)19-7-5-6-8-19/h9-15,19H,3-8H2,1-2H3,(H2,27,28,30). The molecule has 160 valence electrons. The van der Waals surface area contributed by atoms with Gasteiger partial charge in [-0.3, -0.25) is 0 Å². The Morgan fingerprint density at radius 2 is 1.90 bits per heavy atom. The lowest BCUT2D eigenvalue weighted by atomic mass is 10.1. The zero-order chi connectivity index (χ0) is 21.8. The van der Waals surface area contributed by atoms with Gasteiger partial charge in [0.15, 0.2) is 0 Å². The zero-order valence-electron chi connectivity index (χ0n) is 18.1. The molecule has 0 radical (unpaired) electrons. The van der Waals surface area contributed by atoms with Gasteiger partial charge in [0.05, 0.1) is 23.4 Å². The number of carbonyl (C=O) groups excluding carboxylic acids is 1. The molecule has 0 aliphatic heterocycles. The largest absolute Gasteiger partial charge is 0.494 e. The van der Waals surface area contributed by atoms with Crippen LogP contribution in [-0.2, 0) is 0 Å². The predicted molar refractivity (Wildman–Crippen MR) is 123 cm³/mol. The molecular weight excluding hydrogens is 388 g/mol. The van der Waals surface area contributed by atoms with Gasteiger partial charge in [0.1, 0.15) is 11.8 Å². The highest BCUT2D eigenvalue weighted by Crippen LogP contribution is 2.42. The van der Waals surface area contributed by atoms with E-state index in [1.807, 2.05) is 50.2 Å². The SMILES string of the molecule is CCNC(=O)Nc1ccc(-c2c(C#N)c3ccc(OCC)cc3n2C2CCCC2)cc1. The van der Waals surface area contributed by atoms with Crippen LogP contribution >= 0.6 is 0 Å². The predicted octanol–water partition coefficient (Wildman–Crippen LogP) is 5.84. The lowest BCUT2D eigenvalue weighted by Gasteiger charge is -2.19. The van der Waals surface area contributed by atoms with Crippen molar-refractivity contribution >= 4 is 22.6 Å². The molecule has 1 aliphatic rings. The Balaban J connectivity index is 1.83. The number of ether oxygens (including phenoxy) is 1. The summed E-state index contributed by atoms with van der Waals surface area (Å²) in [5, 5.41) is 16.6. The van der Waals surface area contributed by atoms with Gasteiger partial charge in [0.25, 0.3) is 0 Å². The van der Waals surface area contributed by atoms with Gasteiger partial charge in [-0.1, -0.05) is 25.0 Å². The molecular formula is C25H28N4O2. The fraction of sp³-hybridized carbons (Fsp3) is 0.360. The first-order valence-electron chi connectivity index (χ1n) is 11.0. The van der Waals surface area contributed by atoms with Gasteiger partial charge in [-0.25, -0.2) is 4.79 Å². The van der Waals surface area contributed by atoms with Crippen molar-refractivity contribution in [2.45, 2.75) is 45.6 Å². The van der Waals surface area contributed by atoms with Crippen LogP contribution in [-0.4, -0.2) is 23.7 Å². The number of anilines is 1. The van der Waals surface area contributed by atoms with E-state index in [1.165, 1.54) is 12.8 Å². The van der Waals surface area contributed by atoms with Crippen molar-refractivity contribution in [1.82, 2.24) is 9.88 Å². The molecule has 31 heavy (non-hydrogen) atoms. The topological polar surface area (TPSA) is 79.1 Å². The maximum atomic E-state index is 11.8. The first kappa shape index (κ1) is 20.8. The highest BCUT2D eigenvalue weighted by Gasteiger charge is 2.26. The molecule has 1 aliphatic carbocycles. The van der Waals surface area contributed by atoms with Crippen molar-refractivity contribution in [3.05, 3.63) is 48.0 Å². The summed E-state index contributed by atoms with van der Waals surface area (Å²) in [6, 6.07) is 16.3. The maximum absolute atomic E-state index is 11.8. The van der Waals surface area contributed by atoms with Gasteiger partial charge < -0.3 is 19.9 Å². The van der Waals surface area contributed by atoms with Gasteiger partial charge in [0, 0.05) is 29.7 Å². The summed E-state index contributed by atoms with van der Waals surface area (Å²) in [6.07, 6.45) is 4.62. The van der Waals surface area contributed by atoms with Gasteiger partial charge >= 0.3 is 6.03 Å². The number of urea groups is 1. The molecule has 0 unspecified atom stereocenters. The van der Waals surface area contributed by atoms with E-state index < -0.39 is 0 Å². The Kier molecular flexibility index (Phi) is 6.13. The van der Waals surface area contributed by atoms with Gasteiger partial charge in [-0.05, 0) is 56.5 Å². The Labute approximate surface area is 182 Å². The molecule has 1 fully saturated rings. The molecule has 2 aromatic carbocycles. The van der Waals surface area contributed by atoms with Crippen LogP contribution in [0.1, 0.15) is 51.1 Å². The second-order valence-corrected chi connectivity index (χ2v) is 7.82. The zero-order valence-corrected chi connectivity index (χ0v) is 18.1. The second-order valence-electron chi connectivity index (χ2n) is 7.82. The minimum absolute atomic E-state index is 0.225. The number of hydrogen-bond acceptors (Lipinski definition) is 3. The molecule has 1 saturated carbocycles. The smallest absolute Gasteiger partial charge is 0.319 e. The van der Waals surface area contributed by atoms with E-state index in [1.54, 1.807) is 0 Å². The number of hydrogen-bond donors (Lipinski definition) is 2. The van der Waals surface area contributed by atoms with E-state index in [0.717, 1.165) is 46.4 Å². The number of aromatic nitrogens is 1. The van der Waals surface area contributed by atoms with Gasteiger partial charge in [-0.15, -0.1) is 0 Å². The summed E-state index contributed by atoms with van der Waals surface area (Å²) in [6.45, 7) is 5.03. The number of benzene rings is 2. The van der Waals surface area contributed by atoms with Crippen molar-refractivity contribution in [2.24, 2.45) is 0 Å². The molecule has 3 aromatic rings. The minimum atomic E-state index is -0.225. The van der Waals surface area contributed by atoms with E-state index in [9.17, 15) is 10.1 Å². The summed E-state index contributed by atoms with van der Waals surface area (Å²) in [4.78, 5) is 11.8. The monoisotopic (exact) mass is 416 g/mol. The maximum Gasteiger partial charge on any atom is 0.319 e. The quantitative estimate of drug-likeness (QED) is 0.530. The normalized spacial score (nSPS) is 13.8. The second kappa shape index (κ2) is 9.13. The van der Waals surface area contributed by atoms with Crippen LogP contribution in [0.4, 0.5) is 10.5 Å². The number of nitriles is 1. The van der Waals surface area contributed by atoms with Crippen LogP contribution < -0.4 is 15.4 Å². The van der Waals surface area contributed by atoms with E-state index >= 15 is 0 Å². The fourth-order valence-electron chi connectivity index (χ4n) is 4.53. The van der Waals surface area contributed by atoms with Crippen LogP contribution in [0.5, 0.6) is 5.75 Å². The summed E-state index contributed by atoms with van der Waals surface area (Å²) >= 11 is 0. The summed E-state index contributed by atoms with van der Waals surface area (Å²) in [7, 11) is 0. The molecule has 2 amide bonds. The molecule has 0 bridgehead atoms. The number of amides is 2. The van der Waals surface area contributed by atoms with Crippen molar-refractivity contribution in [1.29, 1.82) is 5.26 Å². The lowest BCUT2D eigenvalue weighted by Crippen LogP contribution is -2.28. The Hall–Kier alpha value is -3.46. The molecule has 0 spiro atoms. The average molecular weight is 417 g/mol. The van der Waals surface area contributed by atoms with Crippen LogP contribution in [0.25, 0.3) is 22.2 Å². The lowest BCUT2D eigenvalue weighted by molar-refractivity contribution is 0.252. The highest BCUT2D eigenvalue weighted by molar-refractivity contribution is 5.96. The Morgan fingerprint density at radius 3 is 2.55 bits per heavy atom. The molecule has 6 heteroatoms. The van der Waals surface area contributed by atoms with Crippen molar-refractivity contribution in [2.75, 3.05) is 18.5 Å². The van der Waals surface area contributed by atoms with E-state index in [2.05, 4.69) is 27.3 Å². The average Bonchev–Trinajstić information content (AvgIpc) is 3.40. The molecule has 4 rings (SSSR count). The highest BCUT2D eigenvalue weighted by atomic mass is 16.5. The Bertz CT molecular complexity index is 1120. The van der Waals surface area contributed by atoms with Crippen LogP contribution in [0.15, 0.2) is 42.5 Å². The number of carbonyl (C=O) groups is 1. The molecule has 0 saturated heterocycles. The van der Waals surface area contributed by atoms with E-state index in [-0.39, 0.29) is 6.03 Å². The number of nitrogens with one attached hydrogen (secondary N) is 2. The third-order valence-electron chi connectivity index (χ3n) is 5.84. The van der Waals surface area contributed by atoms with Crippen molar-refractivity contribution in [3.8, 4) is 23.1 Å². The summed E-state index contributed by atoms with van der Waals surface area (Å²) in [5.41, 5.74) is 4.38. The van der Waals surface area contributed by atoms with E-state index in [0.29, 0.717) is 24.8 Å². The van der Waals surface area contributed by atoms with Crippen LogP contribution in [0.3, 0.4) is 0 Å². The fourth-order valence-corrected chi connectivity index (χ4v) is 4.53. The number of rotatable bonds is 6. The third kappa shape index (κ3) is 4.09. The number of nitrogens with zero attached hydrogens (tertiary/aromatic N) is 2. The van der Waals surface area contributed by atoms with E-state index in [4.69, 9.17) is 4.74 Å². The Morgan fingerprint density at radius 1 is 1.16 bits per heavy atom. The van der Waals surface area contributed by atoms with Crippen molar-refractivity contribution in [3.63, 3.8) is 0 Å². The molecule has 1 heterocycles. The first-order chi connectivity index (χ1) is 15.2. The third-order valence-corrected chi connectivity index (χ3v) is 5.84. The molecule has 2 N–H and O–H groups in total. The summed E-state index contributed by atoms with van der Waals surface area (Å²) < 4.78 is 8.09. The summed E-state index contributed by atoms with van der Waals surface area (Å²) in [5.74, 6) is 0.823. The minimum Gasteiger partial charge on any atom is -0.494 e. The van der Waals surface area contributed by atoms with Crippen molar-refractivity contribution < 1.29 is 9.53 Å². The van der Waals surface area contributed by atoms with Crippen LogP contribution in [0, 0.1) is 11.3 Å². The molecule has 0 atom stereocenters. The van der Waals surface area contributed by atoms with Gasteiger partial charge in [0.2, 0.25) is 0 Å². The number of fused-ring (bicyclic) bond motifs is 1. The first-order valence-corrected chi connectivity index (χ1v) is 11.0. The van der Waals surface area contributed by atoms with Gasteiger partial charge in [-0.2, -0.15) is 5.26 Å². The molecule has 6 nitrogen and oxygen atoms in total. The van der Waals surface area contributed by atoms with Crippen LogP contribution in [0.2, 0.25) is 0 Å².